The van der Waals surface area contributed by atoms with Crippen LogP contribution in [0.4, 0.5) is 0 Å². The summed E-state index contributed by atoms with van der Waals surface area (Å²) < 4.78 is 1.07. The first-order valence-corrected chi connectivity index (χ1v) is 6.21. The summed E-state index contributed by atoms with van der Waals surface area (Å²) in [7, 11) is 0. The van der Waals surface area contributed by atoms with Crippen LogP contribution < -0.4 is 5.32 Å². The van der Waals surface area contributed by atoms with E-state index in [1.165, 1.54) is 12.8 Å². The van der Waals surface area contributed by atoms with Crippen molar-refractivity contribution in [3.8, 4) is 5.75 Å². The van der Waals surface area contributed by atoms with Crippen LogP contribution in [0.25, 0.3) is 0 Å². The third kappa shape index (κ3) is 2.18. The minimum absolute atomic E-state index is 0.316. The van der Waals surface area contributed by atoms with Crippen LogP contribution >= 0.6 is 15.9 Å². The Bertz CT molecular complexity index is 359. The molecule has 1 aromatic rings. The van der Waals surface area contributed by atoms with Gasteiger partial charge in [0.25, 0.3) is 0 Å². The zero-order valence-electron chi connectivity index (χ0n) is 8.89. The van der Waals surface area contributed by atoms with Gasteiger partial charge in [-0.15, -0.1) is 0 Å². The lowest BCUT2D eigenvalue weighted by atomic mass is 9.93. The van der Waals surface area contributed by atoms with E-state index in [2.05, 4.69) is 28.2 Å². The summed E-state index contributed by atoms with van der Waals surface area (Å²) in [5.41, 5.74) is 2.21. The van der Waals surface area contributed by atoms with Crippen molar-refractivity contribution in [1.82, 2.24) is 5.32 Å². The maximum absolute atomic E-state index is 9.91. The fourth-order valence-corrected chi connectivity index (χ4v) is 2.57. The summed E-state index contributed by atoms with van der Waals surface area (Å²) in [6.07, 6.45) is 3.60. The number of phenols is 1. The highest BCUT2D eigenvalue weighted by molar-refractivity contribution is 9.10. The van der Waals surface area contributed by atoms with Crippen LogP contribution in [-0.2, 0) is 0 Å². The van der Waals surface area contributed by atoms with Gasteiger partial charge in [-0.25, -0.2) is 0 Å². The quantitative estimate of drug-likeness (QED) is 0.820. The van der Waals surface area contributed by atoms with Crippen molar-refractivity contribution in [2.24, 2.45) is 0 Å². The van der Waals surface area contributed by atoms with Crippen molar-refractivity contribution in [2.75, 3.05) is 6.54 Å². The van der Waals surface area contributed by atoms with Crippen molar-refractivity contribution < 1.29 is 5.11 Å². The van der Waals surface area contributed by atoms with Crippen LogP contribution in [0.2, 0.25) is 0 Å². The molecule has 2 N–H and O–H groups in total. The highest BCUT2D eigenvalue weighted by atomic mass is 79.9. The molecular formula is C12H16BrNO. The molecule has 1 unspecified atom stereocenters. The zero-order valence-corrected chi connectivity index (χ0v) is 10.5. The Kier molecular flexibility index (Phi) is 3.32. The average molecular weight is 270 g/mol. The van der Waals surface area contributed by atoms with Crippen LogP contribution in [-0.4, -0.2) is 11.7 Å². The Labute approximate surface area is 98.8 Å². The number of phenolic OH excluding ortho intramolecular Hbond substituents is 1. The van der Waals surface area contributed by atoms with Crippen LogP contribution in [0.5, 0.6) is 5.75 Å². The molecule has 0 amide bonds. The Balaban J connectivity index is 2.36. The maximum atomic E-state index is 9.91. The summed E-state index contributed by atoms with van der Waals surface area (Å²) in [6, 6.07) is 3.98. The highest BCUT2D eigenvalue weighted by Crippen LogP contribution is 2.35. The van der Waals surface area contributed by atoms with Crippen molar-refractivity contribution in [1.29, 1.82) is 0 Å². The van der Waals surface area contributed by atoms with E-state index in [4.69, 9.17) is 0 Å². The van der Waals surface area contributed by atoms with E-state index < -0.39 is 0 Å². The van der Waals surface area contributed by atoms with Gasteiger partial charge in [-0.2, -0.15) is 0 Å². The third-order valence-corrected chi connectivity index (χ3v) is 3.94. The number of piperidine rings is 1. The smallest absolute Gasteiger partial charge is 0.120 e. The Morgan fingerprint density at radius 3 is 2.87 bits per heavy atom. The van der Waals surface area contributed by atoms with Crippen molar-refractivity contribution >= 4 is 15.9 Å². The fraction of sp³-hybridized carbons (Fsp3) is 0.500. The van der Waals surface area contributed by atoms with Gasteiger partial charge in [-0.1, -0.05) is 22.4 Å². The second kappa shape index (κ2) is 4.54. The highest BCUT2D eigenvalue weighted by Gasteiger charge is 2.20. The van der Waals surface area contributed by atoms with Crippen LogP contribution in [0, 0.1) is 6.92 Å². The predicted octanol–water partition coefficient (Wildman–Crippen LogP) is 3.28. The number of benzene rings is 1. The summed E-state index contributed by atoms with van der Waals surface area (Å²) >= 11 is 3.51. The number of hydrogen-bond donors (Lipinski definition) is 2. The molecule has 2 nitrogen and oxygen atoms in total. The standard InChI is InChI=1S/C12H16BrNO/c1-8-9(13)5-6-11(15)12(8)10-4-2-3-7-14-10/h5-6,10,14-15H,2-4,7H2,1H3. The Hall–Kier alpha value is -0.540. The minimum Gasteiger partial charge on any atom is -0.508 e. The molecule has 0 spiro atoms. The Morgan fingerprint density at radius 2 is 2.20 bits per heavy atom. The van der Waals surface area contributed by atoms with Gasteiger partial charge in [0.1, 0.15) is 5.75 Å². The molecule has 1 aliphatic rings. The SMILES string of the molecule is Cc1c(Br)ccc(O)c1C1CCCCN1. The van der Waals surface area contributed by atoms with Gasteiger partial charge in [-0.3, -0.25) is 0 Å². The fourth-order valence-electron chi connectivity index (χ4n) is 2.23. The molecule has 0 aromatic heterocycles. The van der Waals surface area contributed by atoms with Gasteiger partial charge < -0.3 is 10.4 Å². The molecule has 1 atom stereocenters. The molecule has 0 bridgehead atoms. The molecule has 82 valence electrons. The maximum Gasteiger partial charge on any atom is 0.120 e. The molecule has 0 aliphatic carbocycles. The average Bonchev–Trinajstić information content (AvgIpc) is 2.26. The molecule has 1 heterocycles. The van der Waals surface area contributed by atoms with Gasteiger partial charge in [-0.05, 0) is 44.0 Å². The van der Waals surface area contributed by atoms with Gasteiger partial charge in [0.05, 0.1) is 0 Å². The van der Waals surface area contributed by atoms with Gasteiger partial charge in [0.2, 0.25) is 0 Å². The predicted molar refractivity (Wildman–Crippen MR) is 65.1 cm³/mol. The summed E-state index contributed by atoms with van der Waals surface area (Å²) in [5, 5.41) is 13.4. The molecule has 1 aliphatic heterocycles. The number of hydrogen-bond acceptors (Lipinski definition) is 2. The topological polar surface area (TPSA) is 32.3 Å². The summed E-state index contributed by atoms with van der Waals surface area (Å²) in [6.45, 7) is 3.10. The van der Waals surface area contributed by atoms with E-state index in [9.17, 15) is 5.11 Å². The first kappa shape index (κ1) is 11.0. The summed E-state index contributed by atoms with van der Waals surface area (Å²) in [4.78, 5) is 0. The molecule has 0 saturated carbocycles. The first-order chi connectivity index (χ1) is 7.20. The van der Waals surface area contributed by atoms with Crippen molar-refractivity contribution in [3.63, 3.8) is 0 Å². The van der Waals surface area contributed by atoms with Crippen molar-refractivity contribution in [3.05, 3.63) is 27.7 Å². The number of halogens is 1. The van der Waals surface area contributed by atoms with Crippen LogP contribution in [0.15, 0.2) is 16.6 Å². The number of rotatable bonds is 1. The molecule has 1 aromatic carbocycles. The lowest BCUT2D eigenvalue weighted by Gasteiger charge is -2.26. The van der Waals surface area contributed by atoms with Crippen LogP contribution in [0.3, 0.4) is 0 Å². The van der Waals surface area contributed by atoms with E-state index >= 15 is 0 Å². The van der Waals surface area contributed by atoms with Crippen molar-refractivity contribution in [2.45, 2.75) is 32.2 Å². The zero-order chi connectivity index (χ0) is 10.8. The Morgan fingerprint density at radius 1 is 1.40 bits per heavy atom. The summed E-state index contributed by atoms with van der Waals surface area (Å²) in [5.74, 6) is 0.412. The van der Waals surface area contributed by atoms with Gasteiger partial charge >= 0.3 is 0 Å². The van der Waals surface area contributed by atoms with E-state index in [0.717, 1.165) is 28.6 Å². The molecule has 2 rings (SSSR count). The van der Waals surface area contributed by atoms with Crippen LogP contribution in [0.1, 0.15) is 36.4 Å². The second-order valence-corrected chi connectivity index (χ2v) is 4.96. The lowest BCUT2D eigenvalue weighted by Crippen LogP contribution is -2.27. The van der Waals surface area contributed by atoms with E-state index in [1.54, 1.807) is 6.07 Å². The largest absolute Gasteiger partial charge is 0.508 e. The molecule has 1 saturated heterocycles. The molecular weight excluding hydrogens is 254 g/mol. The minimum atomic E-state index is 0.316. The van der Waals surface area contributed by atoms with Gasteiger partial charge in [0, 0.05) is 16.1 Å². The van der Waals surface area contributed by atoms with Gasteiger partial charge in [0.15, 0.2) is 0 Å². The number of aromatic hydroxyl groups is 1. The molecule has 1 fully saturated rings. The second-order valence-electron chi connectivity index (χ2n) is 4.11. The molecule has 0 radical (unpaired) electrons. The monoisotopic (exact) mass is 269 g/mol. The molecule has 15 heavy (non-hydrogen) atoms. The van der Waals surface area contributed by atoms with E-state index in [-0.39, 0.29) is 0 Å². The lowest BCUT2D eigenvalue weighted by molar-refractivity contribution is 0.389. The number of nitrogens with one attached hydrogen (secondary N) is 1. The first-order valence-electron chi connectivity index (χ1n) is 5.41. The third-order valence-electron chi connectivity index (χ3n) is 3.08. The van der Waals surface area contributed by atoms with E-state index in [0.29, 0.717) is 11.8 Å². The normalized spacial score (nSPS) is 21.6. The molecule has 3 heteroatoms. The van der Waals surface area contributed by atoms with E-state index in [1.807, 2.05) is 6.07 Å².